The zero-order valence-electron chi connectivity index (χ0n) is 10.8. The number of nitrogens with one attached hydrogen (secondary N) is 1. The van der Waals surface area contributed by atoms with E-state index >= 15 is 0 Å². The number of anilines is 1. The summed E-state index contributed by atoms with van der Waals surface area (Å²) in [5.74, 6) is 0. The number of fused-ring (bicyclic) bond motifs is 2. The van der Waals surface area contributed by atoms with Crippen LogP contribution in [0.3, 0.4) is 0 Å². The molecule has 2 aliphatic heterocycles. The first-order valence-corrected chi connectivity index (χ1v) is 6.78. The average Bonchev–Trinajstić information content (AvgIpc) is 2.68. The average molecular weight is 241 g/mol. The summed E-state index contributed by atoms with van der Waals surface area (Å²) in [6, 6.07) is 12.2. The Kier molecular flexibility index (Phi) is 2.97. The largest absolute Gasteiger partial charge is 0.364 e. The smallest absolute Gasteiger partial charge is 0.101 e. The lowest BCUT2D eigenvalue weighted by Crippen LogP contribution is -2.48. The van der Waals surface area contributed by atoms with Gasteiger partial charge in [-0.15, -0.1) is 0 Å². The molecule has 0 aromatic heterocycles. The van der Waals surface area contributed by atoms with Crippen LogP contribution in [-0.4, -0.2) is 25.2 Å². The number of piperidine rings is 1. The molecular weight excluding hydrogens is 222 g/mol. The second-order valence-electron chi connectivity index (χ2n) is 5.38. The Labute approximate surface area is 108 Å². The molecule has 1 N–H and O–H groups in total. The number of para-hydroxylation sites is 1. The Bertz CT molecular complexity index is 463. The lowest BCUT2D eigenvalue weighted by Gasteiger charge is -2.41. The normalized spacial score (nSPS) is 30.2. The predicted octanol–water partition coefficient (Wildman–Crippen LogP) is 2.28. The maximum atomic E-state index is 9.25. The van der Waals surface area contributed by atoms with Gasteiger partial charge >= 0.3 is 0 Å². The third-order valence-electron chi connectivity index (χ3n) is 4.44. The Morgan fingerprint density at radius 3 is 2.50 bits per heavy atom. The summed E-state index contributed by atoms with van der Waals surface area (Å²) in [7, 11) is 2.06. The Hall–Kier alpha value is -1.53. The number of benzene rings is 1. The molecule has 94 valence electrons. The standard InChI is InChI=1S/C15H19N3/c1-17-12-8-13-6-7-14(9-12)18(13)15-5-3-2-4-11(15)10-16/h2-5,12-14,17H,6-9H2,1H3. The van der Waals surface area contributed by atoms with Crippen LogP contribution in [0.2, 0.25) is 0 Å². The summed E-state index contributed by atoms with van der Waals surface area (Å²) in [5.41, 5.74) is 1.96. The minimum Gasteiger partial charge on any atom is -0.364 e. The highest BCUT2D eigenvalue weighted by atomic mass is 15.2. The molecule has 3 rings (SSSR count). The van der Waals surface area contributed by atoms with E-state index in [-0.39, 0.29) is 0 Å². The maximum absolute atomic E-state index is 9.25. The van der Waals surface area contributed by atoms with Gasteiger partial charge in [0.15, 0.2) is 0 Å². The van der Waals surface area contributed by atoms with Crippen LogP contribution in [0.5, 0.6) is 0 Å². The quantitative estimate of drug-likeness (QED) is 0.863. The van der Waals surface area contributed by atoms with Gasteiger partial charge in [0, 0.05) is 18.1 Å². The fourth-order valence-electron chi connectivity index (χ4n) is 3.60. The first-order chi connectivity index (χ1) is 8.83. The van der Waals surface area contributed by atoms with Crippen molar-refractivity contribution >= 4 is 5.69 Å². The summed E-state index contributed by atoms with van der Waals surface area (Å²) in [5, 5.41) is 12.7. The number of hydrogen-bond acceptors (Lipinski definition) is 3. The summed E-state index contributed by atoms with van der Waals surface area (Å²) < 4.78 is 0. The van der Waals surface area contributed by atoms with Crippen molar-refractivity contribution in [2.45, 2.75) is 43.8 Å². The van der Waals surface area contributed by atoms with E-state index in [9.17, 15) is 5.26 Å². The highest BCUT2D eigenvalue weighted by Crippen LogP contribution is 2.40. The van der Waals surface area contributed by atoms with Gasteiger partial charge in [-0.1, -0.05) is 12.1 Å². The van der Waals surface area contributed by atoms with E-state index in [1.165, 1.54) is 25.7 Å². The molecular formula is C15H19N3. The molecule has 0 saturated carbocycles. The number of nitriles is 1. The Morgan fingerprint density at radius 2 is 1.89 bits per heavy atom. The highest BCUT2D eigenvalue weighted by molar-refractivity contribution is 5.61. The van der Waals surface area contributed by atoms with Gasteiger partial charge in [0.05, 0.1) is 11.3 Å². The van der Waals surface area contributed by atoms with Crippen molar-refractivity contribution in [2.24, 2.45) is 0 Å². The highest BCUT2D eigenvalue weighted by Gasteiger charge is 2.40. The van der Waals surface area contributed by atoms with Crippen molar-refractivity contribution < 1.29 is 0 Å². The van der Waals surface area contributed by atoms with E-state index in [1.54, 1.807) is 0 Å². The fraction of sp³-hybridized carbons (Fsp3) is 0.533. The zero-order valence-corrected chi connectivity index (χ0v) is 10.8. The van der Waals surface area contributed by atoms with Crippen LogP contribution in [-0.2, 0) is 0 Å². The van der Waals surface area contributed by atoms with Crippen molar-refractivity contribution in [3.05, 3.63) is 29.8 Å². The molecule has 2 fully saturated rings. The Balaban J connectivity index is 1.92. The van der Waals surface area contributed by atoms with E-state index in [4.69, 9.17) is 0 Å². The molecule has 3 heteroatoms. The fourth-order valence-corrected chi connectivity index (χ4v) is 3.60. The molecule has 1 aromatic carbocycles. The molecule has 1 aromatic rings. The van der Waals surface area contributed by atoms with E-state index in [0.29, 0.717) is 18.1 Å². The summed E-state index contributed by atoms with van der Waals surface area (Å²) in [6.45, 7) is 0. The van der Waals surface area contributed by atoms with Gasteiger partial charge in [0.2, 0.25) is 0 Å². The van der Waals surface area contributed by atoms with Crippen molar-refractivity contribution in [2.75, 3.05) is 11.9 Å². The molecule has 3 nitrogen and oxygen atoms in total. The molecule has 0 amide bonds. The van der Waals surface area contributed by atoms with E-state index in [2.05, 4.69) is 29.4 Å². The molecule has 0 aliphatic carbocycles. The molecule has 2 unspecified atom stereocenters. The number of hydrogen-bond donors (Lipinski definition) is 1. The summed E-state index contributed by atoms with van der Waals surface area (Å²) >= 11 is 0. The topological polar surface area (TPSA) is 39.1 Å². The number of rotatable bonds is 2. The van der Waals surface area contributed by atoms with Gasteiger partial charge in [-0.3, -0.25) is 0 Å². The summed E-state index contributed by atoms with van der Waals surface area (Å²) in [6.07, 6.45) is 4.94. The van der Waals surface area contributed by atoms with Crippen molar-refractivity contribution in [1.82, 2.24) is 5.32 Å². The predicted molar refractivity (Wildman–Crippen MR) is 72.5 cm³/mol. The zero-order chi connectivity index (χ0) is 12.5. The first-order valence-electron chi connectivity index (χ1n) is 6.78. The van der Waals surface area contributed by atoms with E-state index < -0.39 is 0 Å². The molecule has 0 radical (unpaired) electrons. The third kappa shape index (κ3) is 1.77. The monoisotopic (exact) mass is 241 g/mol. The third-order valence-corrected chi connectivity index (χ3v) is 4.44. The lowest BCUT2D eigenvalue weighted by atomic mass is 9.96. The van der Waals surface area contributed by atoms with Crippen LogP contribution in [0.4, 0.5) is 5.69 Å². The van der Waals surface area contributed by atoms with Crippen LogP contribution in [0.25, 0.3) is 0 Å². The van der Waals surface area contributed by atoms with E-state index in [0.717, 1.165) is 11.3 Å². The van der Waals surface area contributed by atoms with Gasteiger partial charge < -0.3 is 10.2 Å². The van der Waals surface area contributed by atoms with Gasteiger partial charge in [0.25, 0.3) is 0 Å². The molecule has 2 atom stereocenters. The maximum Gasteiger partial charge on any atom is 0.101 e. The van der Waals surface area contributed by atoms with E-state index in [1.807, 2.05) is 18.2 Å². The van der Waals surface area contributed by atoms with Crippen molar-refractivity contribution in [3.63, 3.8) is 0 Å². The van der Waals surface area contributed by atoms with Gasteiger partial charge in [-0.05, 0) is 44.9 Å². The van der Waals surface area contributed by atoms with Crippen LogP contribution in [0, 0.1) is 11.3 Å². The minimum absolute atomic E-state index is 0.607. The second kappa shape index (κ2) is 4.62. The molecule has 2 saturated heterocycles. The lowest BCUT2D eigenvalue weighted by molar-refractivity contribution is 0.373. The SMILES string of the molecule is CNC1CC2CCC(C1)N2c1ccccc1C#N. The van der Waals surface area contributed by atoms with Gasteiger partial charge in [0.1, 0.15) is 6.07 Å². The van der Waals surface area contributed by atoms with Gasteiger partial charge in [-0.25, -0.2) is 0 Å². The van der Waals surface area contributed by atoms with Gasteiger partial charge in [-0.2, -0.15) is 5.26 Å². The number of nitrogens with zero attached hydrogens (tertiary/aromatic N) is 2. The Morgan fingerprint density at radius 1 is 1.22 bits per heavy atom. The minimum atomic E-state index is 0.607. The van der Waals surface area contributed by atoms with Crippen molar-refractivity contribution in [1.29, 1.82) is 5.26 Å². The van der Waals surface area contributed by atoms with Crippen LogP contribution in [0.15, 0.2) is 24.3 Å². The van der Waals surface area contributed by atoms with Crippen LogP contribution < -0.4 is 10.2 Å². The van der Waals surface area contributed by atoms with Crippen molar-refractivity contribution in [3.8, 4) is 6.07 Å². The second-order valence-corrected chi connectivity index (χ2v) is 5.38. The first kappa shape index (κ1) is 11.6. The molecule has 2 aliphatic rings. The molecule has 0 spiro atoms. The molecule has 2 heterocycles. The van der Waals surface area contributed by atoms with Crippen LogP contribution in [0.1, 0.15) is 31.2 Å². The molecule has 2 bridgehead atoms. The molecule has 18 heavy (non-hydrogen) atoms. The van der Waals surface area contributed by atoms with Crippen LogP contribution >= 0.6 is 0 Å². The summed E-state index contributed by atoms with van der Waals surface area (Å²) in [4.78, 5) is 2.51.